The zero-order chi connectivity index (χ0) is 35.7. The minimum absolute atomic E-state index is 0.0137. The van der Waals surface area contributed by atoms with Gasteiger partial charge in [0.05, 0.1) is 31.7 Å². The molecule has 5 rings (SSSR count). The maximum absolute atomic E-state index is 13.1. The van der Waals surface area contributed by atoms with Crippen molar-refractivity contribution in [1.82, 2.24) is 9.80 Å². The lowest BCUT2D eigenvalue weighted by Gasteiger charge is -2.41. The van der Waals surface area contributed by atoms with Gasteiger partial charge in [0.1, 0.15) is 0 Å². The van der Waals surface area contributed by atoms with Crippen molar-refractivity contribution in [2.24, 2.45) is 41.4 Å². The molecule has 0 radical (unpaired) electrons. The third kappa shape index (κ3) is 13.3. The van der Waals surface area contributed by atoms with E-state index in [-0.39, 0.29) is 37.0 Å². The molecule has 7 heteroatoms. The number of fused-ring (bicyclic) bond motifs is 5. The molecule has 6 atom stereocenters. The Morgan fingerprint density at radius 3 is 2.04 bits per heavy atom. The van der Waals surface area contributed by atoms with E-state index >= 15 is 0 Å². The highest BCUT2D eigenvalue weighted by molar-refractivity contribution is 5.77. The maximum atomic E-state index is 13.1. The predicted molar refractivity (Wildman–Crippen MR) is 206 cm³/mol. The quantitative estimate of drug-likeness (QED) is 0.0532. The van der Waals surface area contributed by atoms with E-state index in [1.54, 1.807) is 0 Å². The number of rotatable bonds is 25. The number of allylic oxidation sites excluding steroid dienone is 4. The molecule has 2 unspecified atom stereocenters. The fourth-order valence-electron chi connectivity index (χ4n) is 9.93. The van der Waals surface area contributed by atoms with Gasteiger partial charge in [0.15, 0.2) is 0 Å². The highest BCUT2D eigenvalue weighted by Gasteiger charge is 2.68. The minimum atomic E-state index is -0.137. The molecule has 0 aromatic heterocycles. The zero-order valence-electron chi connectivity index (χ0n) is 32.7. The molecule has 2 aliphatic heterocycles. The molecule has 3 saturated carbocycles. The Kier molecular flexibility index (Phi) is 17.9. The Morgan fingerprint density at radius 1 is 0.706 bits per heavy atom. The molecule has 51 heavy (non-hydrogen) atoms. The van der Waals surface area contributed by atoms with Crippen LogP contribution < -0.4 is 0 Å². The molecule has 2 saturated heterocycles. The molecule has 3 aliphatic carbocycles. The van der Waals surface area contributed by atoms with Gasteiger partial charge in [-0.15, -0.1) is 0 Å². The number of hydrogen-bond donors (Lipinski definition) is 0. The summed E-state index contributed by atoms with van der Waals surface area (Å²) in [6.45, 7) is 12.3. The van der Waals surface area contributed by atoms with E-state index in [9.17, 15) is 9.59 Å². The Labute approximate surface area is 311 Å². The Balaban J connectivity index is 0.933. The van der Waals surface area contributed by atoms with Crippen molar-refractivity contribution in [3.05, 3.63) is 24.3 Å². The summed E-state index contributed by atoms with van der Waals surface area (Å²) in [5.41, 5.74) is 0. The number of nitrogens with zero attached hydrogens (tertiary/aromatic N) is 2. The van der Waals surface area contributed by atoms with Crippen molar-refractivity contribution in [2.45, 2.75) is 142 Å². The molecule has 2 heterocycles. The number of unbranched alkanes of at least 4 members (excludes halogenated alkanes) is 8. The summed E-state index contributed by atoms with van der Waals surface area (Å²) in [4.78, 5) is 31.0. The fraction of sp³-hybridized carbons (Fsp3) is 0.864. The van der Waals surface area contributed by atoms with Crippen LogP contribution in [0.3, 0.4) is 0 Å². The lowest BCUT2D eigenvalue weighted by Crippen LogP contribution is -2.48. The summed E-state index contributed by atoms with van der Waals surface area (Å²) >= 11 is 0. The maximum Gasteiger partial charge on any atom is 0.309 e. The monoisotopic (exact) mass is 711 g/mol. The summed E-state index contributed by atoms with van der Waals surface area (Å²) in [6.07, 6.45) is 31.4. The summed E-state index contributed by atoms with van der Waals surface area (Å²) in [7, 11) is 0. The van der Waals surface area contributed by atoms with Gasteiger partial charge in [-0.25, -0.2) is 0 Å². The number of ether oxygens (including phenoxy) is 3. The molecular formula is C44H74N2O5. The van der Waals surface area contributed by atoms with E-state index in [0.717, 1.165) is 56.6 Å². The number of hydrogen-bond acceptors (Lipinski definition) is 7. The largest absolute Gasteiger partial charge is 0.465 e. The standard InChI is InChI=1S/C44H74N2O5/c1-3-5-6-7-8-9-10-11-12-13-14-15-16-17-18-19-40(47)50-33-36(34-51-44(48)43-41-37-20-21-38(30-37)42(41)43)32-49-31-35-22-28-46(29-23-35)39-24-26-45(4-2)27-25-39/h8-9,11-12,35-39,41-43H,3-7,10,13-34H2,1-2H3/b9-8-,12-11-/t36?,37-,38+,41+,42-,43?. The average Bonchev–Trinajstić information content (AvgIpc) is 3.59. The lowest BCUT2D eigenvalue weighted by molar-refractivity contribution is -0.152. The topological polar surface area (TPSA) is 68.3 Å². The molecule has 0 aromatic carbocycles. The smallest absolute Gasteiger partial charge is 0.309 e. The minimum Gasteiger partial charge on any atom is -0.465 e. The van der Waals surface area contributed by atoms with Gasteiger partial charge in [-0.2, -0.15) is 0 Å². The van der Waals surface area contributed by atoms with E-state index in [1.165, 1.54) is 116 Å². The number of carbonyl (C=O) groups is 2. The third-order valence-corrected chi connectivity index (χ3v) is 13.2. The van der Waals surface area contributed by atoms with E-state index in [0.29, 0.717) is 30.8 Å². The second-order valence-electron chi connectivity index (χ2n) is 16.9. The van der Waals surface area contributed by atoms with Gasteiger partial charge in [-0.1, -0.05) is 70.3 Å². The summed E-state index contributed by atoms with van der Waals surface area (Å²) < 4.78 is 18.0. The first-order chi connectivity index (χ1) is 25.1. The molecule has 0 aromatic rings. The zero-order valence-corrected chi connectivity index (χ0v) is 32.7. The van der Waals surface area contributed by atoms with Crippen LogP contribution in [0.25, 0.3) is 0 Å². The van der Waals surface area contributed by atoms with Crippen LogP contribution in [0, 0.1) is 41.4 Å². The average molecular weight is 711 g/mol. The van der Waals surface area contributed by atoms with Gasteiger partial charge in [-0.3, -0.25) is 9.59 Å². The molecule has 0 amide bonds. The molecule has 2 bridgehead atoms. The van der Waals surface area contributed by atoms with Crippen LogP contribution in [-0.4, -0.2) is 86.9 Å². The molecular weight excluding hydrogens is 636 g/mol. The number of piperidine rings is 2. The van der Waals surface area contributed by atoms with Gasteiger partial charge < -0.3 is 24.0 Å². The van der Waals surface area contributed by atoms with E-state index < -0.39 is 0 Å². The first kappa shape index (κ1) is 40.5. The van der Waals surface area contributed by atoms with Crippen molar-refractivity contribution in [3.8, 4) is 0 Å². The Morgan fingerprint density at radius 2 is 1.35 bits per heavy atom. The molecule has 5 fully saturated rings. The van der Waals surface area contributed by atoms with Gasteiger partial charge in [0, 0.05) is 19.1 Å². The van der Waals surface area contributed by atoms with E-state index in [1.807, 2.05) is 0 Å². The Hall–Kier alpha value is -1.70. The SMILES string of the molecule is CCCCC/C=C\C/C=C\CCCCCCCC(=O)OCC(COCC1CCN(C2CCN(CC)CC2)CC1)COC(=O)C1[C@@H]2[C@H]3CC[C@H](C3)[C@H]12. The fourth-order valence-corrected chi connectivity index (χ4v) is 9.93. The molecule has 0 spiro atoms. The lowest BCUT2D eigenvalue weighted by atomic mass is 9.94. The second kappa shape index (κ2) is 22.5. The third-order valence-electron chi connectivity index (χ3n) is 13.2. The summed E-state index contributed by atoms with van der Waals surface area (Å²) in [5.74, 6) is 3.10. The highest BCUT2D eigenvalue weighted by atomic mass is 16.6. The van der Waals surface area contributed by atoms with Crippen LogP contribution in [0.2, 0.25) is 0 Å². The van der Waals surface area contributed by atoms with Crippen LogP contribution in [-0.2, 0) is 23.8 Å². The van der Waals surface area contributed by atoms with E-state index in [4.69, 9.17) is 14.2 Å². The van der Waals surface area contributed by atoms with Crippen LogP contribution in [0.4, 0.5) is 0 Å². The van der Waals surface area contributed by atoms with Gasteiger partial charge in [0.2, 0.25) is 0 Å². The predicted octanol–water partition coefficient (Wildman–Crippen LogP) is 9.01. The van der Waals surface area contributed by atoms with Crippen LogP contribution in [0.15, 0.2) is 24.3 Å². The second-order valence-corrected chi connectivity index (χ2v) is 16.9. The van der Waals surface area contributed by atoms with Crippen LogP contribution in [0.1, 0.15) is 136 Å². The van der Waals surface area contributed by atoms with Crippen LogP contribution >= 0.6 is 0 Å². The summed E-state index contributed by atoms with van der Waals surface area (Å²) in [5, 5.41) is 0. The van der Waals surface area contributed by atoms with Gasteiger partial charge in [0.25, 0.3) is 0 Å². The van der Waals surface area contributed by atoms with Gasteiger partial charge >= 0.3 is 11.9 Å². The van der Waals surface area contributed by atoms with E-state index in [2.05, 4.69) is 48.0 Å². The number of likely N-dealkylation sites (tertiary alicyclic amines) is 2. The first-order valence-electron chi connectivity index (χ1n) is 21.7. The van der Waals surface area contributed by atoms with Crippen molar-refractivity contribution >= 4 is 11.9 Å². The first-order valence-corrected chi connectivity index (χ1v) is 21.7. The van der Waals surface area contributed by atoms with Crippen LogP contribution in [0.5, 0.6) is 0 Å². The number of carbonyl (C=O) groups excluding carboxylic acids is 2. The Bertz CT molecular complexity index is 1050. The van der Waals surface area contributed by atoms with Crippen molar-refractivity contribution in [3.63, 3.8) is 0 Å². The molecule has 0 N–H and O–H groups in total. The molecule has 290 valence electrons. The van der Waals surface area contributed by atoms with Crippen molar-refractivity contribution < 1.29 is 23.8 Å². The summed E-state index contributed by atoms with van der Waals surface area (Å²) in [6, 6.07) is 0.745. The van der Waals surface area contributed by atoms with Crippen molar-refractivity contribution in [1.29, 1.82) is 0 Å². The highest BCUT2D eigenvalue weighted by Crippen LogP contribution is 2.69. The number of esters is 2. The van der Waals surface area contributed by atoms with Gasteiger partial charge in [-0.05, 0) is 146 Å². The normalized spacial score (nSPS) is 27.8. The van der Waals surface area contributed by atoms with Crippen molar-refractivity contribution in [2.75, 3.05) is 59.2 Å². The molecule has 7 nitrogen and oxygen atoms in total. The molecule has 5 aliphatic rings.